The van der Waals surface area contributed by atoms with E-state index in [0.29, 0.717) is 22.3 Å². The molecule has 0 aliphatic rings. The maximum Gasteiger partial charge on any atom is 0.416 e. The summed E-state index contributed by atoms with van der Waals surface area (Å²) in [4.78, 5) is 8.87. The molecule has 0 radical (unpaired) electrons. The van der Waals surface area contributed by atoms with Gasteiger partial charge in [-0.3, -0.25) is 0 Å². The normalized spacial score (nSPS) is 12.4. The highest BCUT2D eigenvalue weighted by molar-refractivity contribution is 7.17. The zero-order valence-electron chi connectivity index (χ0n) is 16.7. The molecule has 0 saturated heterocycles. The van der Waals surface area contributed by atoms with Crippen molar-refractivity contribution in [1.29, 1.82) is 0 Å². The number of aromatic nitrogens is 2. The molecule has 0 fully saturated rings. The molecular weight excluding hydrogens is 452 g/mol. The predicted molar refractivity (Wildman–Crippen MR) is 112 cm³/mol. The van der Waals surface area contributed by atoms with Crippen LogP contribution in [0.25, 0.3) is 21.3 Å². The Bertz CT molecular complexity index is 1280. The van der Waals surface area contributed by atoms with E-state index >= 15 is 0 Å². The van der Waals surface area contributed by atoms with Crippen molar-refractivity contribution in [3.05, 3.63) is 70.4 Å². The SMILES string of the molecule is Cc1ccc(-c2csc3ncnc(Nc4cc(C(F)(F)F)cc(C(F)(F)F)c4)c23)c(C)c1. The monoisotopic (exact) mass is 467 g/mol. The van der Waals surface area contributed by atoms with Crippen molar-refractivity contribution >= 4 is 33.1 Å². The molecule has 2 aromatic heterocycles. The Balaban J connectivity index is 1.86. The van der Waals surface area contributed by atoms with Crippen molar-refractivity contribution in [1.82, 2.24) is 9.97 Å². The van der Waals surface area contributed by atoms with Crippen molar-refractivity contribution in [2.75, 3.05) is 5.32 Å². The molecule has 2 heterocycles. The first-order valence-corrected chi connectivity index (χ1v) is 10.2. The Morgan fingerprint density at radius 1 is 0.812 bits per heavy atom. The minimum absolute atomic E-state index is 0.0897. The number of nitrogens with one attached hydrogen (secondary N) is 1. The summed E-state index contributed by atoms with van der Waals surface area (Å²) in [7, 11) is 0. The van der Waals surface area contributed by atoms with E-state index in [1.807, 2.05) is 37.4 Å². The fraction of sp³-hybridized carbons (Fsp3) is 0.182. The first-order valence-electron chi connectivity index (χ1n) is 9.30. The average Bonchev–Trinajstić information content (AvgIpc) is 3.11. The van der Waals surface area contributed by atoms with Crippen LogP contribution in [0, 0.1) is 13.8 Å². The van der Waals surface area contributed by atoms with Gasteiger partial charge in [0, 0.05) is 16.6 Å². The lowest BCUT2D eigenvalue weighted by Gasteiger charge is -2.15. The van der Waals surface area contributed by atoms with Crippen LogP contribution >= 0.6 is 11.3 Å². The highest BCUT2D eigenvalue weighted by Crippen LogP contribution is 2.41. The quantitative estimate of drug-likeness (QED) is 0.313. The molecule has 0 unspecified atom stereocenters. The number of aryl methyl sites for hydroxylation is 2. The summed E-state index contributed by atoms with van der Waals surface area (Å²) in [5.41, 5.74) is 0.473. The van der Waals surface area contributed by atoms with E-state index in [9.17, 15) is 26.3 Å². The first kappa shape index (κ1) is 22.1. The van der Waals surface area contributed by atoms with E-state index in [1.165, 1.54) is 17.7 Å². The second-order valence-electron chi connectivity index (χ2n) is 7.29. The minimum Gasteiger partial charge on any atom is -0.340 e. The molecule has 0 spiro atoms. The second kappa shape index (κ2) is 7.77. The molecule has 3 nitrogen and oxygen atoms in total. The maximum absolute atomic E-state index is 13.2. The van der Waals surface area contributed by atoms with E-state index in [4.69, 9.17) is 0 Å². The van der Waals surface area contributed by atoms with E-state index < -0.39 is 23.5 Å². The van der Waals surface area contributed by atoms with Gasteiger partial charge in [0.15, 0.2) is 0 Å². The lowest BCUT2D eigenvalue weighted by molar-refractivity contribution is -0.143. The molecule has 2 aromatic carbocycles. The predicted octanol–water partition coefficient (Wildman–Crippen LogP) is 7.76. The lowest BCUT2D eigenvalue weighted by Crippen LogP contribution is -2.11. The molecule has 0 bridgehead atoms. The fourth-order valence-electron chi connectivity index (χ4n) is 3.45. The van der Waals surface area contributed by atoms with Crippen LogP contribution in [0.3, 0.4) is 0 Å². The summed E-state index contributed by atoms with van der Waals surface area (Å²) >= 11 is 1.31. The smallest absolute Gasteiger partial charge is 0.340 e. The van der Waals surface area contributed by atoms with Crippen molar-refractivity contribution in [3.8, 4) is 11.1 Å². The molecule has 4 rings (SSSR count). The van der Waals surface area contributed by atoms with Crippen LogP contribution in [0.15, 0.2) is 48.1 Å². The molecule has 0 amide bonds. The van der Waals surface area contributed by atoms with Gasteiger partial charge in [-0.25, -0.2) is 9.97 Å². The molecule has 0 saturated carbocycles. The third-order valence-corrected chi connectivity index (χ3v) is 5.78. The van der Waals surface area contributed by atoms with E-state index in [1.54, 1.807) is 0 Å². The van der Waals surface area contributed by atoms with Crippen molar-refractivity contribution in [2.45, 2.75) is 26.2 Å². The summed E-state index contributed by atoms with van der Waals surface area (Å²) in [6, 6.07) is 7.17. The molecule has 166 valence electrons. The summed E-state index contributed by atoms with van der Waals surface area (Å²) in [5.74, 6) is 0.124. The highest BCUT2D eigenvalue weighted by Gasteiger charge is 2.37. The van der Waals surface area contributed by atoms with E-state index in [2.05, 4.69) is 15.3 Å². The van der Waals surface area contributed by atoms with Crippen LogP contribution in [0.2, 0.25) is 0 Å². The number of benzene rings is 2. The summed E-state index contributed by atoms with van der Waals surface area (Å²) in [6.07, 6.45) is -8.66. The van der Waals surface area contributed by atoms with Gasteiger partial charge in [-0.05, 0) is 43.2 Å². The number of hydrogen-bond donors (Lipinski definition) is 1. The molecule has 0 aliphatic carbocycles. The number of anilines is 2. The molecule has 32 heavy (non-hydrogen) atoms. The zero-order valence-corrected chi connectivity index (χ0v) is 17.5. The van der Waals surface area contributed by atoms with Gasteiger partial charge in [0.25, 0.3) is 0 Å². The van der Waals surface area contributed by atoms with Crippen LogP contribution in [0.1, 0.15) is 22.3 Å². The summed E-state index contributed by atoms with van der Waals surface area (Å²) < 4.78 is 79.3. The average molecular weight is 467 g/mol. The number of thiophene rings is 1. The topological polar surface area (TPSA) is 37.8 Å². The van der Waals surface area contributed by atoms with E-state index in [0.717, 1.165) is 22.3 Å². The number of hydrogen-bond acceptors (Lipinski definition) is 4. The molecule has 0 atom stereocenters. The van der Waals surface area contributed by atoms with Gasteiger partial charge in [0.2, 0.25) is 0 Å². The van der Waals surface area contributed by atoms with Crippen molar-refractivity contribution < 1.29 is 26.3 Å². The minimum atomic E-state index is -4.94. The maximum atomic E-state index is 13.2. The van der Waals surface area contributed by atoms with Crippen LogP contribution in [0.4, 0.5) is 37.8 Å². The van der Waals surface area contributed by atoms with Gasteiger partial charge in [0.05, 0.1) is 16.5 Å². The molecule has 0 aliphatic heterocycles. The Morgan fingerprint density at radius 3 is 2.06 bits per heavy atom. The Morgan fingerprint density at radius 2 is 1.47 bits per heavy atom. The van der Waals surface area contributed by atoms with Crippen LogP contribution in [-0.4, -0.2) is 9.97 Å². The molecule has 1 N–H and O–H groups in total. The van der Waals surface area contributed by atoms with Crippen LogP contribution < -0.4 is 5.32 Å². The molecule has 4 aromatic rings. The lowest BCUT2D eigenvalue weighted by atomic mass is 9.99. The van der Waals surface area contributed by atoms with E-state index in [-0.39, 0.29) is 17.6 Å². The third kappa shape index (κ3) is 4.27. The Hall–Kier alpha value is -3.14. The third-order valence-electron chi connectivity index (χ3n) is 4.89. The van der Waals surface area contributed by atoms with Gasteiger partial charge in [-0.1, -0.05) is 23.8 Å². The van der Waals surface area contributed by atoms with Crippen molar-refractivity contribution in [3.63, 3.8) is 0 Å². The van der Waals surface area contributed by atoms with Gasteiger partial charge < -0.3 is 5.32 Å². The highest BCUT2D eigenvalue weighted by atomic mass is 32.1. The van der Waals surface area contributed by atoms with Gasteiger partial charge in [-0.15, -0.1) is 11.3 Å². The number of nitrogens with zero attached hydrogens (tertiary/aromatic N) is 2. The first-order chi connectivity index (χ1) is 14.9. The van der Waals surface area contributed by atoms with Gasteiger partial charge in [0.1, 0.15) is 17.0 Å². The standard InChI is InChI=1S/C22H15F6N3S/c1-11-3-4-16(12(2)5-11)17-9-32-20-18(17)19(29-10-30-20)31-15-7-13(21(23,24)25)6-14(8-15)22(26,27)28/h3-10H,1-2H3,(H,29,30,31). The van der Waals surface area contributed by atoms with Gasteiger partial charge in [-0.2, -0.15) is 26.3 Å². The number of fused-ring (bicyclic) bond motifs is 1. The second-order valence-corrected chi connectivity index (χ2v) is 8.15. The number of halogens is 6. The Kier molecular flexibility index (Phi) is 5.36. The molecule has 10 heteroatoms. The van der Waals surface area contributed by atoms with Gasteiger partial charge >= 0.3 is 12.4 Å². The summed E-state index contributed by atoms with van der Waals surface area (Å²) in [6.45, 7) is 3.87. The number of alkyl halides is 6. The zero-order chi connectivity index (χ0) is 23.3. The van der Waals surface area contributed by atoms with Crippen molar-refractivity contribution in [2.24, 2.45) is 0 Å². The van der Waals surface area contributed by atoms with Crippen LogP contribution in [0.5, 0.6) is 0 Å². The fourth-order valence-corrected chi connectivity index (χ4v) is 4.35. The number of rotatable bonds is 3. The summed E-state index contributed by atoms with van der Waals surface area (Å²) in [5, 5.41) is 5.02. The molecular formula is C22H15F6N3S. The Labute approximate surface area is 182 Å². The largest absolute Gasteiger partial charge is 0.416 e. The van der Waals surface area contributed by atoms with Crippen LogP contribution in [-0.2, 0) is 12.4 Å².